The number of aromatic nitrogens is 3. The van der Waals surface area contributed by atoms with Crippen LogP contribution in [0.15, 0.2) is 22.9 Å². The first kappa shape index (κ1) is 15.0. The van der Waals surface area contributed by atoms with Crippen molar-refractivity contribution in [3.05, 3.63) is 35.7 Å². The van der Waals surface area contributed by atoms with E-state index >= 15 is 0 Å². The SMILES string of the molecule is CC(C)c1noc([C@H](C)NC(=O)C(=O)c2cccn2C)n1. The van der Waals surface area contributed by atoms with E-state index < -0.39 is 17.7 Å². The van der Waals surface area contributed by atoms with Crippen molar-refractivity contribution in [3.8, 4) is 0 Å². The zero-order valence-corrected chi connectivity index (χ0v) is 12.5. The summed E-state index contributed by atoms with van der Waals surface area (Å²) in [6.07, 6.45) is 1.71. The van der Waals surface area contributed by atoms with Crippen LogP contribution in [0.2, 0.25) is 0 Å². The van der Waals surface area contributed by atoms with Crippen molar-refractivity contribution in [1.29, 1.82) is 0 Å². The van der Waals surface area contributed by atoms with Gasteiger partial charge in [-0.15, -0.1) is 0 Å². The van der Waals surface area contributed by atoms with Crippen LogP contribution < -0.4 is 5.32 Å². The smallest absolute Gasteiger partial charge is 0.294 e. The molecule has 0 spiro atoms. The number of Topliss-reactive ketones (excluding diaryl/α,β-unsaturated/α-hetero) is 1. The number of carbonyl (C=O) groups is 2. The fourth-order valence-corrected chi connectivity index (χ4v) is 1.79. The van der Waals surface area contributed by atoms with Crippen LogP contribution in [0.25, 0.3) is 0 Å². The predicted molar refractivity (Wildman–Crippen MR) is 74.7 cm³/mol. The number of rotatable bonds is 5. The number of amides is 1. The van der Waals surface area contributed by atoms with E-state index in [-0.39, 0.29) is 11.8 Å². The lowest BCUT2D eigenvalue weighted by Gasteiger charge is -2.09. The maximum atomic E-state index is 12.0. The second kappa shape index (κ2) is 5.90. The Bertz CT molecular complexity index is 657. The van der Waals surface area contributed by atoms with Crippen molar-refractivity contribution in [1.82, 2.24) is 20.0 Å². The quantitative estimate of drug-likeness (QED) is 0.667. The lowest BCUT2D eigenvalue weighted by Crippen LogP contribution is -2.34. The highest BCUT2D eigenvalue weighted by molar-refractivity contribution is 6.42. The fourth-order valence-electron chi connectivity index (χ4n) is 1.79. The lowest BCUT2D eigenvalue weighted by atomic mass is 10.2. The van der Waals surface area contributed by atoms with Crippen LogP contribution in [0.5, 0.6) is 0 Å². The Morgan fingerprint density at radius 3 is 2.57 bits per heavy atom. The zero-order chi connectivity index (χ0) is 15.6. The van der Waals surface area contributed by atoms with Crippen LogP contribution in [0.4, 0.5) is 0 Å². The lowest BCUT2D eigenvalue weighted by molar-refractivity contribution is -0.117. The molecule has 0 radical (unpaired) electrons. The molecule has 2 aromatic heterocycles. The van der Waals surface area contributed by atoms with E-state index in [1.54, 1.807) is 36.9 Å². The Kier molecular flexibility index (Phi) is 4.21. The van der Waals surface area contributed by atoms with Crippen molar-refractivity contribution in [3.63, 3.8) is 0 Å². The number of nitrogens with zero attached hydrogens (tertiary/aromatic N) is 3. The molecule has 0 unspecified atom stereocenters. The highest BCUT2D eigenvalue weighted by Gasteiger charge is 2.23. The third-order valence-corrected chi connectivity index (χ3v) is 3.07. The van der Waals surface area contributed by atoms with Crippen LogP contribution in [-0.4, -0.2) is 26.4 Å². The van der Waals surface area contributed by atoms with E-state index in [4.69, 9.17) is 4.52 Å². The first-order valence-corrected chi connectivity index (χ1v) is 6.70. The Balaban J connectivity index is 2.05. The van der Waals surface area contributed by atoms with Gasteiger partial charge < -0.3 is 14.4 Å². The third-order valence-electron chi connectivity index (χ3n) is 3.07. The molecule has 0 aliphatic heterocycles. The third kappa shape index (κ3) is 3.18. The molecule has 7 nitrogen and oxygen atoms in total. The molecule has 2 heterocycles. The molecule has 2 rings (SSSR count). The van der Waals surface area contributed by atoms with Gasteiger partial charge in [0.1, 0.15) is 6.04 Å². The minimum atomic E-state index is -0.700. The Morgan fingerprint density at radius 1 is 1.33 bits per heavy atom. The molecular weight excluding hydrogens is 272 g/mol. The van der Waals surface area contributed by atoms with E-state index in [1.165, 1.54) is 0 Å². The van der Waals surface area contributed by atoms with Gasteiger partial charge in [-0.1, -0.05) is 19.0 Å². The number of ketones is 1. The van der Waals surface area contributed by atoms with Gasteiger partial charge in [-0.25, -0.2) is 0 Å². The summed E-state index contributed by atoms with van der Waals surface area (Å²) in [7, 11) is 1.71. The van der Waals surface area contributed by atoms with Crippen molar-refractivity contribution >= 4 is 11.7 Å². The van der Waals surface area contributed by atoms with E-state index in [0.29, 0.717) is 11.5 Å². The molecule has 1 amide bonds. The van der Waals surface area contributed by atoms with Crippen molar-refractivity contribution in [2.24, 2.45) is 7.05 Å². The Hall–Kier alpha value is -2.44. The molecule has 0 saturated carbocycles. The van der Waals surface area contributed by atoms with Gasteiger partial charge in [-0.2, -0.15) is 4.98 Å². The van der Waals surface area contributed by atoms with Gasteiger partial charge in [0.05, 0.1) is 5.69 Å². The van der Waals surface area contributed by atoms with Crippen molar-refractivity contribution in [2.75, 3.05) is 0 Å². The molecular formula is C14H18N4O3. The summed E-state index contributed by atoms with van der Waals surface area (Å²) in [5, 5.41) is 6.39. The van der Waals surface area contributed by atoms with E-state index in [2.05, 4.69) is 15.5 Å². The maximum absolute atomic E-state index is 12.0. The summed E-state index contributed by atoms with van der Waals surface area (Å²) in [6.45, 7) is 5.57. The van der Waals surface area contributed by atoms with Crippen LogP contribution >= 0.6 is 0 Å². The molecule has 0 saturated heterocycles. The van der Waals surface area contributed by atoms with E-state index in [1.807, 2.05) is 13.8 Å². The highest BCUT2D eigenvalue weighted by atomic mass is 16.5. The van der Waals surface area contributed by atoms with Gasteiger partial charge in [0.2, 0.25) is 5.89 Å². The fraction of sp³-hybridized carbons (Fsp3) is 0.429. The number of aryl methyl sites for hydroxylation is 1. The minimum absolute atomic E-state index is 0.135. The molecule has 0 fully saturated rings. The Morgan fingerprint density at radius 2 is 2.05 bits per heavy atom. The topological polar surface area (TPSA) is 90.0 Å². The summed E-state index contributed by atoms with van der Waals surface area (Å²) >= 11 is 0. The average Bonchev–Trinajstić information content (AvgIpc) is 3.06. The highest BCUT2D eigenvalue weighted by Crippen LogP contribution is 2.15. The molecule has 112 valence electrons. The van der Waals surface area contributed by atoms with Crippen molar-refractivity contribution < 1.29 is 14.1 Å². The van der Waals surface area contributed by atoms with Crippen LogP contribution in [-0.2, 0) is 11.8 Å². The summed E-state index contributed by atoms with van der Waals surface area (Å²) < 4.78 is 6.68. The number of nitrogens with one attached hydrogen (secondary N) is 1. The van der Waals surface area contributed by atoms with Gasteiger partial charge in [-0.3, -0.25) is 9.59 Å². The standard InChI is InChI=1S/C14H18N4O3/c1-8(2)12-16-14(21-17-12)9(3)15-13(20)11(19)10-6-5-7-18(10)4/h5-9H,1-4H3,(H,15,20)/t9-/m0/s1. The van der Waals surface area contributed by atoms with Crippen molar-refractivity contribution in [2.45, 2.75) is 32.7 Å². The van der Waals surface area contributed by atoms with E-state index in [0.717, 1.165) is 0 Å². The summed E-state index contributed by atoms with van der Waals surface area (Å²) in [6, 6.07) is 2.77. The summed E-state index contributed by atoms with van der Waals surface area (Å²) in [4.78, 5) is 28.2. The molecule has 1 N–H and O–H groups in total. The molecule has 0 aliphatic carbocycles. The predicted octanol–water partition coefficient (Wildman–Crippen LogP) is 1.59. The summed E-state index contributed by atoms with van der Waals surface area (Å²) in [5.74, 6) is -0.312. The minimum Gasteiger partial charge on any atom is -0.348 e. The molecule has 1 atom stereocenters. The normalized spacial score (nSPS) is 12.4. The number of hydrogen-bond acceptors (Lipinski definition) is 5. The largest absolute Gasteiger partial charge is 0.348 e. The molecule has 0 aliphatic rings. The van der Waals surface area contributed by atoms with Gasteiger partial charge in [0, 0.05) is 19.2 Å². The molecule has 0 aromatic carbocycles. The molecule has 21 heavy (non-hydrogen) atoms. The van der Waals surface area contributed by atoms with Gasteiger partial charge in [-0.05, 0) is 19.1 Å². The maximum Gasteiger partial charge on any atom is 0.294 e. The second-order valence-electron chi connectivity index (χ2n) is 5.17. The van der Waals surface area contributed by atoms with Crippen LogP contribution in [0.1, 0.15) is 54.9 Å². The monoisotopic (exact) mass is 290 g/mol. The Labute approximate surface area is 122 Å². The number of hydrogen-bond donors (Lipinski definition) is 1. The molecule has 0 bridgehead atoms. The second-order valence-corrected chi connectivity index (χ2v) is 5.17. The van der Waals surface area contributed by atoms with E-state index in [9.17, 15) is 9.59 Å². The van der Waals surface area contributed by atoms with Gasteiger partial charge in [0.15, 0.2) is 5.82 Å². The summed E-state index contributed by atoms with van der Waals surface area (Å²) in [5.41, 5.74) is 0.327. The van der Waals surface area contributed by atoms with Gasteiger partial charge in [0.25, 0.3) is 11.7 Å². The zero-order valence-electron chi connectivity index (χ0n) is 12.5. The average molecular weight is 290 g/mol. The van der Waals surface area contributed by atoms with Crippen LogP contribution in [0, 0.1) is 0 Å². The molecule has 2 aromatic rings. The first-order valence-electron chi connectivity index (χ1n) is 6.70. The first-order chi connectivity index (χ1) is 9.90. The van der Waals surface area contributed by atoms with Gasteiger partial charge >= 0.3 is 0 Å². The van der Waals surface area contributed by atoms with Crippen LogP contribution in [0.3, 0.4) is 0 Å². The number of carbonyl (C=O) groups excluding carboxylic acids is 2. The molecule has 7 heteroatoms.